The fourth-order valence-electron chi connectivity index (χ4n) is 1.79. The van der Waals surface area contributed by atoms with Gasteiger partial charge < -0.3 is 20.1 Å². The number of ether oxygens (including phenoxy) is 2. The third kappa shape index (κ3) is 3.98. The maximum Gasteiger partial charge on any atom is 0.224 e. The van der Waals surface area contributed by atoms with Crippen LogP contribution in [0.1, 0.15) is 13.3 Å². The summed E-state index contributed by atoms with van der Waals surface area (Å²) in [6.45, 7) is 2.94. The molecule has 0 saturated heterocycles. The van der Waals surface area contributed by atoms with E-state index in [9.17, 15) is 0 Å². The number of nitrogens with one attached hydrogen (secondary N) is 2. The summed E-state index contributed by atoms with van der Waals surface area (Å²) in [6, 6.07) is 7.38. The van der Waals surface area contributed by atoms with Gasteiger partial charge in [-0.2, -0.15) is 4.98 Å². The number of aromatic nitrogens is 2. The second kappa shape index (κ2) is 7.33. The van der Waals surface area contributed by atoms with Crippen LogP contribution in [0.5, 0.6) is 11.5 Å². The van der Waals surface area contributed by atoms with Crippen LogP contribution in [0.25, 0.3) is 0 Å². The second-order valence-electron chi connectivity index (χ2n) is 4.38. The first-order valence-electron chi connectivity index (χ1n) is 6.82. The van der Waals surface area contributed by atoms with E-state index in [0.29, 0.717) is 17.5 Å². The van der Waals surface area contributed by atoms with Crippen molar-refractivity contribution in [3.63, 3.8) is 0 Å². The molecule has 0 aliphatic carbocycles. The van der Waals surface area contributed by atoms with Gasteiger partial charge in [-0.1, -0.05) is 6.92 Å². The van der Waals surface area contributed by atoms with Crippen molar-refractivity contribution in [2.24, 2.45) is 0 Å². The molecule has 0 saturated carbocycles. The third-order valence-corrected chi connectivity index (χ3v) is 2.86. The van der Waals surface area contributed by atoms with Crippen LogP contribution in [0, 0.1) is 0 Å². The Bertz CT molecular complexity index is 590. The van der Waals surface area contributed by atoms with Gasteiger partial charge in [0.05, 0.1) is 19.9 Å². The fourth-order valence-corrected chi connectivity index (χ4v) is 1.79. The van der Waals surface area contributed by atoms with Crippen molar-refractivity contribution in [3.05, 3.63) is 30.5 Å². The van der Waals surface area contributed by atoms with Crippen molar-refractivity contribution in [2.75, 3.05) is 31.4 Å². The minimum atomic E-state index is 0.606. The standard InChI is InChI=1S/C15H20N4O2/c1-4-8-16-15-17-9-7-14(19-15)18-12-6-5-11(20-2)10-13(12)21-3/h5-7,9-10H,4,8H2,1-3H3,(H2,16,17,18,19). The Balaban J connectivity index is 2.17. The van der Waals surface area contributed by atoms with Crippen LogP contribution in [-0.2, 0) is 0 Å². The van der Waals surface area contributed by atoms with Crippen LogP contribution in [0.15, 0.2) is 30.5 Å². The SMILES string of the molecule is CCCNc1nccc(Nc2ccc(OC)cc2OC)n1. The smallest absolute Gasteiger partial charge is 0.224 e. The van der Waals surface area contributed by atoms with Crippen molar-refractivity contribution in [2.45, 2.75) is 13.3 Å². The monoisotopic (exact) mass is 288 g/mol. The van der Waals surface area contributed by atoms with Crippen molar-refractivity contribution >= 4 is 17.5 Å². The molecule has 0 unspecified atom stereocenters. The van der Waals surface area contributed by atoms with E-state index in [4.69, 9.17) is 9.47 Å². The van der Waals surface area contributed by atoms with Crippen molar-refractivity contribution in [1.82, 2.24) is 9.97 Å². The average molecular weight is 288 g/mol. The Kier molecular flexibility index (Phi) is 5.20. The molecule has 1 aromatic carbocycles. The Morgan fingerprint density at radius 2 is 2.00 bits per heavy atom. The Morgan fingerprint density at radius 1 is 1.14 bits per heavy atom. The predicted octanol–water partition coefficient (Wildman–Crippen LogP) is 3.06. The van der Waals surface area contributed by atoms with Gasteiger partial charge in [-0.05, 0) is 24.6 Å². The molecule has 21 heavy (non-hydrogen) atoms. The molecule has 1 aromatic heterocycles. The molecule has 1 heterocycles. The fraction of sp³-hybridized carbons (Fsp3) is 0.333. The van der Waals surface area contributed by atoms with E-state index >= 15 is 0 Å². The Hall–Kier alpha value is -2.50. The van der Waals surface area contributed by atoms with Gasteiger partial charge in [-0.25, -0.2) is 4.98 Å². The van der Waals surface area contributed by atoms with Gasteiger partial charge >= 0.3 is 0 Å². The number of methoxy groups -OCH3 is 2. The lowest BCUT2D eigenvalue weighted by Crippen LogP contribution is -2.05. The molecule has 0 aliphatic heterocycles. The summed E-state index contributed by atoms with van der Waals surface area (Å²) in [6.07, 6.45) is 2.73. The van der Waals surface area contributed by atoms with Gasteiger partial charge in [-0.15, -0.1) is 0 Å². The summed E-state index contributed by atoms with van der Waals surface area (Å²) >= 11 is 0. The predicted molar refractivity (Wildman–Crippen MR) is 83.6 cm³/mol. The maximum absolute atomic E-state index is 5.35. The molecule has 0 fully saturated rings. The maximum atomic E-state index is 5.35. The Labute approximate surface area is 124 Å². The van der Waals surface area contributed by atoms with E-state index in [2.05, 4.69) is 27.5 Å². The molecular formula is C15H20N4O2. The lowest BCUT2D eigenvalue weighted by atomic mass is 10.2. The van der Waals surface area contributed by atoms with E-state index < -0.39 is 0 Å². The van der Waals surface area contributed by atoms with Crippen LogP contribution in [0.2, 0.25) is 0 Å². The second-order valence-corrected chi connectivity index (χ2v) is 4.38. The largest absolute Gasteiger partial charge is 0.497 e. The minimum absolute atomic E-state index is 0.606. The zero-order chi connectivity index (χ0) is 15.1. The van der Waals surface area contributed by atoms with Gasteiger partial charge in [0, 0.05) is 18.8 Å². The summed E-state index contributed by atoms with van der Waals surface area (Å²) in [5, 5.41) is 6.37. The van der Waals surface area contributed by atoms with Gasteiger partial charge in [0.15, 0.2) is 0 Å². The van der Waals surface area contributed by atoms with Crippen LogP contribution in [0.4, 0.5) is 17.5 Å². The molecule has 112 valence electrons. The van der Waals surface area contributed by atoms with Crippen molar-refractivity contribution < 1.29 is 9.47 Å². The van der Waals surface area contributed by atoms with Crippen LogP contribution in [0.3, 0.4) is 0 Å². The molecule has 6 nitrogen and oxygen atoms in total. The first-order chi connectivity index (χ1) is 10.3. The highest BCUT2D eigenvalue weighted by Crippen LogP contribution is 2.30. The summed E-state index contributed by atoms with van der Waals surface area (Å²) in [5.74, 6) is 2.74. The van der Waals surface area contributed by atoms with Gasteiger partial charge in [0.1, 0.15) is 17.3 Å². The number of anilines is 3. The highest BCUT2D eigenvalue weighted by atomic mass is 16.5. The van der Waals surface area contributed by atoms with Gasteiger partial charge in [-0.3, -0.25) is 0 Å². The number of hydrogen-bond acceptors (Lipinski definition) is 6. The molecule has 2 aromatic rings. The number of rotatable bonds is 7. The highest BCUT2D eigenvalue weighted by molar-refractivity contribution is 5.66. The van der Waals surface area contributed by atoms with Crippen LogP contribution >= 0.6 is 0 Å². The quantitative estimate of drug-likeness (QED) is 0.816. The number of nitrogens with zero attached hydrogens (tertiary/aromatic N) is 2. The normalized spacial score (nSPS) is 10.0. The summed E-state index contributed by atoms with van der Waals surface area (Å²) in [4.78, 5) is 8.58. The number of benzene rings is 1. The van der Waals surface area contributed by atoms with Crippen molar-refractivity contribution in [3.8, 4) is 11.5 Å². The summed E-state index contributed by atoms with van der Waals surface area (Å²) < 4.78 is 10.5. The van der Waals surface area contributed by atoms with E-state index in [1.807, 2.05) is 18.2 Å². The first kappa shape index (κ1) is 14.9. The molecule has 0 amide bonds. The molecule has 0 spiro atoms. The average Bonchev–Trinajstić information content (AvgIpc) is 2.53. The van der Waals surface area contributed by atoms with E-state index in [1.165, 1.54) is 0 Å². The molecule has 0 atom stereocenters. The molecule has 0 radical (unpaired) electrons. The molecule has 6 heteroatoms. The molecule has 2 rings (SSSR count). The highest BCUT2D eigenvalue weighted by Gasteiger charge is 2.06. The topological polar surface area (TPSA) is 68.3 Å². The number of hydrogen-bond donors (Lipinski definition) is 2. The van der Waals surface area contributed by atoms with Crippen molar-refractivity contribution in [1.29, 1.82) is 0 Å². The van der Waals surface area contributed by atoms with E-state index in [0.717, 1.165) is 24.4 Å². The van der Waals surface area contributed by atoms with Crippen LogP contribution < -0.4 is 20.1 Å². The summed E-state index contributed by atoms with van der Waals surface area (Å²) in [5.41, 5.74) is 0.818. The first-order valence-corrected chi connectivity index (χ1v) is 6.82. The van der Waals surface area contributed by atoms with Gasteiger partial charge in [0.25, 0.3) is 0 Å². The molecular weight excluding hydrogens is 268 g/mol. The molecule has 2 N–H and O–H groups in total. The van der Waals surface area contributed by atoms with Gasteiger partial charge in [0.2, 0.25) is 5.95 Å². The zero-order valence-corrected chi connectivity index (χ0v) is 12.5. The van der Waals surface area contributed by atoms with E-state index in [1.54, 1.807) is 26.5 Å². The molecule has 0 aliphatic rings. The lowest BCUT2D eigenvalue weighted by Gasteiger charge is -2.12. The van der Waals surface area contributed by atoms with Crippen LogP contribution in [-0.4, -0.2) is 30.7 Å². The third-order valence-electron chi connectivity index (χ3n) is 2.86. The lowest BCUT2D eigenvalue weighted by molar-refractivity contribution is 0.395. The molecule has 0 bridgehead atoms. The summed E-state index contributed by atoms with van der Waals surface area (Å²) in [7, 11) is 3.24. The van der Waals surface area contributed by atoms with E-state index in [-0.39, 0.29) is 0 Å². The minimum Gasteiger partial charge on any atom is -0.497 e. The zero-order valence-electron chi connectivity index (χ0n) is 12.5. The Morgan fingerprint density at radius 3 is 2.71 bits per heavy atom.